The van der Waals surface area contributed by atoms with Crippen LogP contribution in [0.15, 0.2) is 18.2 Å². The lowest BCUT2D eigenvalue weighted by molar-refractivity contribution is 0.0941. The van der Waals surface area contributed by atoms with Gasteiger partial charge >= 0.3 is 0 Å². The molecule has 0 aliphatic heterocycles. The maximum atomic E-state index is 12.2. The van der Waals surface area contributed by atoms with Crippen molar-refractivity contribution >= 4 is 16.8 Å². The number of aromatic amines is 1. The first-order valence-electron chi connectivity index (χ1n) is 6.43. The Morgan fingerprint density at radius 3 is 2.78 bits per heavy atom. The second-order valence-corrected chi connectivity index (χ2v) is 4.89. The van der Waals surface area contributed by atoms with Gasteiger partial charge in [-0.15, -0.1) is 0 Å². The minimum atomic E-state index is -0.00352. The number of hydrogen-bond donors (Lipinski definition) is 2. The molecule has 1 amide bonds. The van der Waals surface area contributed by atoms with E-state index in [4.69, 9.17) is 0 Å². The van der Waals surface area contributed by atoms with Crippen molar-refractivity contribution in [3.63, 3.8) is 0 Å². The molecule has 2 rings (SSSR count). The highest BCUT2D eigenvalue weighted by molar-refractivity contribution is 6.06. The predicted octanol–water partition coefficient (Wildman–Crippen LogP) is 3.31. The second-order valence-electron chi connectivity index (χ2n) is 4.89. The summed E-state index contributed by atoms with van der Waals surface area (Å²) in [4.78, 5) is 15.5. The molecule has 1 heterocycles. The number of fused-ring (bicyclic) bond motifs is 1. The molecule has 3 nitrogen and oxygen atoms in total. The minimum Gasteiger partial charge on any atom is -0.358 e. The average Bonchev–Trinajstić information content (AvgIpc) is 2.65. The molecule has 1 aromatic heterocycles. The Labute approximate surface area is 108 Å². The van der Waals surface area contributed by atoms with Crippen molar-refractivity contribution in [1.82, 2.24) is 10.3 Å². The predicted molar refractivity (Wildman–Crippen MR) is 75.0 cm³/mol. The van der Waals surface area contributed by atoms with Crippen molar-refractivity contribution in [2.75, 3.05) is 0 Å². The average molecular weight is 244 g/mol. The molecule has 0 bridgehead atoms. The number of H-pyrrole nitrogens is 1. The number of aryl methyl sites for hydroxylation is 2. The first kappa shape index (κ1) is 12.7. The van der Waals surface area contributed by atoms with E-state index in [1.165, 1.54) is 5.56 Å². The van der Waals surface area contributed by atoms with Gasteiger partial charge in [-0.1, -0.05) is 19.1 Å². The van der Waals surface area contributed by atoms with Gasteiger partial charge < -0.3 is 10.3 Å². The van der Waals surface area contributed by atoms with Crippen molar-refractivity contribution in [1.29, 1.82) is 0 Å². The van der Waals surface area contributed by atoms with Gasteiger partial charge in [-0.25, -0.2) is 0 Å². The molecule has 3 heteroatoms. The van der Waals surface area contributed by atoms with E-state index >= 15 is 0 Å². The topological polar surface area (TPSA) is 44.9 Å². The molecule has 1 unspecified atom stereocenters. The van der Waals surface area contributed by atoms with Crippen LogP contribution in [0.2, 0.25) is 0 Å². The number of amides is 1. The van der Waals surface area contributed by atoms with E-state index in [1.54, 1.807) is 0 Å². The van der Waals surface area contributed by atoms with Crippen LogP contribution in [-0.2, 0) is 0 Å². The molecule has 0 saturated heterocycles. The van der Waals surface area contributed by atoms with Crippen molar-refractivity contribution < 1.29 is 4.79 Å². The van der Waals surface area contributed by atoms with Crippen LogP contribution in [0.5, 0.6) is 0 Å². The standard InChI is InChI=1S/C15H20N2O/c1-5-9(2)16-15(18)13-8-6-7-12-10(3)11(4)17-14(12)13/h6-9,17H,5H2,1-4H3,(H,16,18). The maximum Gasteiger partial charge on any atom is 0.253 e. The van der Waals surface area contributed by atoms with Gasteiger partial charge in [0.05, 0.1) is 11.1 Å². The van der Waals surface area contributed by atoms with Crippen LogP contribution in [0.25, 0.3) is 10.9 Å². The summed E-state index contributed by atoms with van der Waals surface area (Å²) < 4.78 is 0. The molecule has 0 saturated carbocycles. The zero-order chi connectivity index (χ0) is 13.3. The third kappa shape index (κ3) is 2.13. The third-order valence-electron chi connectivity index (χ3n) is 3.58. The quantitative estimate of drug-likeness (QED) is 0.854. The molecule has 18 heavy (non-hydrogen) atoms. The highest BCUT2D eigenvalue weighted by atomic mass is 16.1. The Balaban J connectivity index is 2.45. The highest BCUT2D eigenvalue weighted by Crippen LogP contribution is 2.24. The first-order chi connectivity index (χ1) is 8.54. The largest absolute Gasteiger partial charge is 0.358 e. The fourth-order valence-electron chi connectivity index (χ4n) is 2.08. The smallest absolute Gasteiger partial charge is 0.253 e. The van der Waals surface area contributed by atoms with Crippen LogP contribution >= 0.6 is 0 Å². The lowest BCUT2D eigenvalue weighted by atomic mass is 10.1. The Morgan fingerprint density at radius 2 is 2.11 bits per heavy atom. The SMILES string of the molecule is CCC(C)NC(=O)c1cccc2c(C)c(C)[nH]c12. The van der Waals surface area contributed by atoms with Crippen molar-refractivity contribution in [2.45, 2.75) is 40.2 Å². The Hall–Kier alpha value is -1.77. The lowest BCUT2D eigenvalue weighted by Gasteiger charge is -2.11. The molecular weight excluding hydrogens is 224 g/mol. The van der Waals surface area contributed by atoms with Gasteiger partial charge in [0.15, 0.2) is 0 Å². The Morgan fingerprint density at radius 1 is 1.39 bits per heavy atom. The summed E-state index contributed by atoms with van der Waals surface area (Å²) >= 11 is 0. The molecule has 0 radical (unpaired) electrons. The van der Waals surface area contributed by atoms with Crippen LogP contribution in [0.3, 0.4) is 0 Å². The van der Waals surface area contributed by atoms with Gasteiger partial charge in [-0.05, 0) is 38.8 Å². The monoisotopic (exact) mass is 244 g/mol. The van der Waals surface area contributed by atoms with Gasteiger partial charge in [0.2, 0.25) is 0 Å². The fourth-order valence-corrected chi connectivity index (χ4v) is 2.08. The van der Waals surface area contributed by atoms with Crippen molar-refractivity contribution in [3.05, 3.63) is 35.0 Å². The van der Waals surface area contributed by atoms with E-state index in [0.29, 0.717) is 0 Å². The summed E-state index contributed by atoms with van der Waals surface area (Å²) in [6, 6.07) is 6.06. The highest BCUT2D eigenvalue weighted by Gasteiger charge is 2.14. The molecule has 0 fully saturated rings. The van der Waals surface area contributed by atoms with Gasteiger partial charge in [-0.2, -0.15) is 0 Å². The molecular formula is C15H20N2O. The lowest BCUT2D eigenvalue weighted by Crippen LogP contribution is -2.32. The Bertz CT molecular complexity index is 583. The van der Waals surface area contributed by atoms with E-state index in [-0.39, 0.29) is 11.9 Å². The first-order valence-corrected chi connectivity index (χ1v) is 6.43. The zero-order valence-corrected chi connectivity index (χ0v) is 11.4. The minimum absolute atomic E-state index is 0.00352. The molecule has 2 aromatic rings. The van der Waals surface area contributed by atoms with Gasteiger partial charge in [0, 0.05) is 17.1 Å². The van der Waals surface area contributed by atoms with Gasteiger partial charge in [0.25, 0.3) is 5.91 Å². The van der Waals surface area contributed by atoms with E-state index in [2.05, 4.69) is 24.1 Å². The van der Waals surface area contributed by atoms with Crippen molar-refractivity contribution in [2.24, 2.45) is 0 Å². The third-order valence-corrected chi connectivity index (χ3v) is 3.58. The number of para-hydroxylation sites is 1. The molecule has 1 atom stereocenters. The molecule has 0 aliphatic rings. The van der Waals surface area contributed by atoms with Gasteiger partial charge in [-0.3, -0.25) is 4.79 Å². The van der Waals surface area contributed by atoms with Crippen LogP contribution < -0.4 is 5.32 Å². The molecule has 0 aliphatic carbocycles. The molecule has 1 aromatic carbocycles. The summed E-state index contributed by atoms with van der Waals surface area (Å²) in [6.07, 6.45) is 0.935. The van der Waals surface area contributed by atoms with E-state index in [0.717, 1.165) is 28.6 Å². The molecule has 0 spiro atoms. The van der Waals surface area contributed by atoms with Crippen LogP contribution in [0.4, 0.5) is 0 Å². The van der Waals surface area contributed by atoms with E-state index in [1.807, 2.05) is 32.0 Å². The van der Waals surface area contributed by atoms with E-state index < -0.39 is 0 Å². The Kier molecular flexibility index (Phi) is 3.41. The number of carbonyl (C=O) groups is 1. The van der Waals surface area contributed by atoms with Gasteiger partial charge in [0.1, 0.15) is 0 Å². The number of rotatable bonds is 3. The summed E-state index contributed by atoms with van der Waals surface area (Å²) in [7, 11) is 0. The summed E-state index contributed by atoms with van der Waals surface area (Å²) in [5, 5.41) is 4.14. The number of benzene rings is 1. The fraction of sp³-hybridized carbons (Fsp3) is 0.400. The maximum absolute atomic E-state index is 12.2. The summed E-state index contributed by atoms with van der Waals surface area (Å²) in [5.41, 5.74) is 3.99. The van der Waals surface area contributed by atoms with Crippen LogP contribution in [0, 0.1) is 13.8 Å². The molecule has 96 valence electrons. The second kappa shape index (κ2) is 4.84. The normalized spacial score (nSPS) is 12.7. The molecule has 2 N–H and O–H groups in total. The summed E-state index contributed by atoms with van der Waals surface area (Å²) in [5.74, 6) is -0.00352. The zero-order valence-electron chi connectivity index (χ0n) is 11.4. The van der Waals surface area contributed by atoms with Crippen LogP contribution in [-0.4, -0.2) is 16.9 Å². The number of carbonyl (C=O) groups excluding carboxylic acids is 1. The van der Waals surface area contributed by atoms with Crippen LogP contribution in [0.1, 0.15) is 41.9 Å². The van der Waals surface area contributed by atoms with Crippen molar-refractivity contribution in [3.8, 4) is 0 Å². The number of aromatic nitrogens is 1. The number of nitrogens with one attached hydrogen (secondary N) is 2. The summed E-state index contributed by atoms with van der Waals surface area (Å²) in [6.45, 7) is 8.19. The van der Waals surface area contributed by atoms with E-state index in [9.17, 15) is 4.79 Å². The number of hydrogen-bond acceptors (Lipinski definition) is 1.